The molecule has 0 radical (unpaired) electrons. The van der Waals surface area contributed by atoms with Crippen molar-refractivity contribution in [1.29, 1.82) is 0 Å². The van der Waals surface area contributed by atoms with E-state index < -0.39 is 6.10 Å². The first-order valence-electron chi connectivity index (χ1n) is 10.6. The zero-order chi connectivity index (χ0) is 20.2. The topological polar surface area (TPSA) is 58.7 Å². The third kappa shape index (κ3) is 4.62. The highest BCUT2D eigenvalue weighted by atomic mass is 16.5. The molecule has 154 valence electrons. The first-order chi connectivity index (χ1) is 14.1. The predicted octanol–water partition coefficient (Wildman–Crippen LogP) is 4.36. The summed E-state index contributed by atoms with van der Waals surface area (Å²) in [4.78, 5) is 2.24. The van der Waals surface area contributed by atoms with E-state index in [2.05, 4.69) is 36.0 Å². The molecule has 1 atom stereocenters. The summed E-state index contributed by atoms with van der Waals surface area (Å²) < 4.78 is 11.5. The van der Waals surface area contributed by atoms with E-state index in [0.717, 1.165) is 40.8 Å². The van der Waals surface area contributed by atoms with E-state index in [-0.39, 0.29) is 12.6 Å². The smallest absolute Gasteiger partial charge is 0.140 e. The molecule has 0 saturated heterocycles. The number of aromatic nitrogens is 1. The fourth-order valence-electron chi connectivity index (χ4n) is 4.05. The summed E-state index contributed by atoms with van der Waals surface area (Å²) in [5, 5.41) is 17.2. The van der Waals surface area contributed by atoms with Crippen LogP contribution in [0.1, 0.15) is 43.7 Å². The number of fused-ring (bicyclic) bond motifs is 2. The number of hydrogen-bond acceptors (Lipinski definition) is 5. The quantitative estimate of drug-likeness (QED) is 0.615. The number of aliphatic hydroxyl groups excluding tert-OH is 1. The van der Waals surface area contributed by atoms with Crippen LogP contribution in [0.25, 0.3) is 10.8 Å². The first-order valence-corrected chi connectivity index (χ1v) is 10.6. The lowest BCUT2D eigenvalue weighted by Crippen LogP contribution is -2.39. The molecule has 0 spiro atoms. The van der Waals surface area contributed by atoms with Gasteiger partial charge in [0, 0.05) is 36.5 Å². The molecule has 0 aliphatic heterocycles. The molecule has 4 rings (SSSR count). The van der Waals surface area contributed by atoms with Crippen LogP contribution in [0, 0.1) is 0 Å². The van der Waals surface area contributed by atoms with Gasteiger partial charge in [0.15, 0.2) is 0 Å². The highest BCUT2D eigenvalue weighted by Crippen LogP contribution is 2.27. The Labute approximate surface area is 172 Å². The molecule has 0 amide bonds. The van der Waals surface area contributed by atoms with Crippen LogP contribution in [-0.4, -0.2) is 40.5 Å². The largest absolute Gasteiger partial charge is 0.490 e. The van der Waals surface area contributed by atoms with Gasteiger partial charge in [0.1, 0.15) is 29.9 Å². The van der Waals surface area contributed by atoms with E-state index in [0.29, 0.717) is 13.1 Å². The second kappa shape index (κ2) is 8.97. The Morgan fingerprint density at radius 3 is 2.76 bits per heavy atom. The lowest BCUT2D eigenvalue weighted by atomic mass is 9.96. The van der Waals surface area contributed by atoms with Crippen molar-refractivity contribution in [3.63, 3.8) is 0 Å². The molecule has 1 heterocycles. The van der Waals surface area contributed by atoms with Crippen molar-refractivity contribution >= 4 is 10.8 Å². The maximum Gasteiger partial charge on any atom is 0.140 e. The van der Waals surface area contributed by atoms with Crippen molar-refractivity contribution in [3.8, 4) is 5.75 Å². The molecule has 5 nitrogen and oxygen atoms in total. The molecule has 0 fully saturated rings. The van der Waals surface area contributed by atoms with Gasteiger partial charge >= 0.3 is 0 Å². The third-order valence-electron chi connectivity index (χ3n) is 5.74. The van der Waals surface area contributed by atoms with E-state index in [9.17, 15) is 5.11 Å². The Morgan fingerprint density at radius 2 is 1.90 bits per heavy atom. The minimum Gasteiger partial charge on any atom is -0.490 e. The van der Waals surface area contributed by atoms with Gasteiger partial charge in [-0.3, -0.25) is 4.90 Å². The Morgan fingerprint density at radius 1 is 1.10 bits per heavy atom. The normalized spacial score (nSPS) is 15.1. The second-order valence-electron chi connectivity index (χ2n) is 8.20. The van der Waals surface area contributed by atoms with Crippen molar-refractivity contribution in [1.82, 2.24) is 10.1 Å². The predicted molar refractivity (Wildman–Crippen MR) is 114 cm³/mol. The van der Waals surface area contributed by atoms with E-state index in [4.69, 9.17) is 9.26 Å². The molecule has 1 aliphatic carbocycles. The number of ether oxygens (including phenoxy) is 1. The second-order valence-corrected chi connectivity index (χ2v) is 8.20. The molecule has 1 N–H and O–H groups in total. The zero-order valence-corrected chi connectivity index (χ0v) is 17.3. The van der Waals surface area contributed by atoms with Gasteiger partial charge in [0.2, 0.25) is 0 Å². The van der Waals surface area contributed by atoms with Crippen LogP contribution < -0.4 is 4.74 Å². The van der Waals surface area contributed by atoms with Crippen LogP contribution in [0.4, 0.5) is 0 Å². The van der Waals surface area contributed by atoms with E-state index >= 15 is 0 Å². The molecule has 5 heteroatoms. The molecule has 0 bridgehead atoms. The highest BCUT2D eigenvalue weighted by molar-refractivity contribution is 5.88. The van der Waals surface area contributed by atoms with Crippen LogP contribution in [0.2, 0.25) is 0 Å². The summed E-state index contributed by atoms with van der Waals surface area (Å²) >= 11 is 0. The molecule has 2 aromatic carbocycles. The lowest BCUT2D eigenvalue weighted by Gasteiger charge is -2.28. The molecular weight excluding hydrogens is 364 g/mol. The highest BCUT2D eigenvalue weighted by Gasteiger charge is 2.23. The van der Waals surface area contributed by atoms with Crippen molar-refractivity contribution in [2.45, 2.75) is 58.2 Å². The summed E-state index contributed by atoms with van der Waals surface area (Å²) in [5.41, 5.74) is 2.30. The van der Waals surface area contributed by atoms with Gasteiger partial charge in [-0.15, -0.1) is 0 Å². The summed E-state index contributed by atoms with van der Waals surface area (Å²) in [7, 11) is 0. The van der Waals surface area contributed by atoms with Gasteiger partial charge < -0.3 is 14.4 Å². The van der Waals surface area contributed by atoms with Crippen LogP contribution in [-0.2, 0) is 19.4 Å². The Kier molecular flexibility index (Phi) is 6.16. The summed E-state index contributed by atoms with van der Waals surface area (Å²) in [6.07, 6.45) is 3.83. The minimum absolute atomic E-state index is 0.258. The zero-order valence-electron chi connectivity index (χ0n) is 17.3. The maximum atomic E-state index is 10.7. The fraction of sp³-hybridized carbons (Fsp3) is 0.458. The van der Waals surface area contributed by atoms with Gasteiger partial charge in [-0.1, -0.05) is 41.6 Å². The number of aryl methyl sites for hydroxylation is 1. The maximum absolute atomic E-state index is 10.7. The SMILES string of the molecule is CC(C)N(Cc1noc2c1CCCC2)CC(O)COc1cccc2ccccc12. The minimum atomic E-state index is -0.584. The van der Waals surface area contributed by atoms with Crippen LogP contribution in [0.5, 0.6) is 5.75 Å². The molecule has 3 aromatic rings. The van der Waals surface area contributed by atoms with E-state index in [1.165, 1.54) is 18.4 Å². The lowest BCUT2D eigenvalue weighted by molar-refractivity contribution is 0.0538. The van der Waals surface area contributed by atoms with Gasteiger partial charge in [0.25, 0.3) is 0 Å². The molecule has 0 saturated carbocycles. The molecule has 29 heavy (non-hydrogen) atoms. The van der Waals surface area contributed by atoms with Crippen LogP contribution in [0.3, 0.4) is 0 Å². The van der Waals surface area contributed by atoms with E-state index in [1.807, 2.05) is 30.3 Å². The van der Waals surface area contributed by atoms with Gasteiger partial charge in [0.05, 0.1) is 0 Å². The van der Waals surface area contributed by atoms with Crippen molar-refractivity contribution in [2.24, 2.45) is 0 Å². The Balaban J connectivity index is 1.39. The summed E-state index contributed by atoms with van der Waals surface area (Å²) in [6, 6.07) is 14.4. The molecular formula is C24H30N2O3. The Hall–Kier alpha value is -2.37. The number of nitrogens with zero attached hydrogens (tertiary/aromatic N) is 2. The number of hydrogen-bond donors (Lipinski definition) is 1. The van der Waals surface area contributed by atoms with Crippen LogP contribution >= 0.6 is 0 Å². The van der Waals surface area contributed by atoms with Crippen molar-refractivity contribution < 1.29 is 14.4 Å². The average molecular weight is 395 g/mol. The summed E-state index contributed by atoms with van der Waals surface area (Å²) in [5.74, 6) is 1.86. The Bertz CT molecular complexity index is 945. The van der Waals surface area contributed by atoms with Crippen LogP contribution in [0.15, 0.2) is 47.0 Å². The van der Waals surface area contributed by atoms with Gasteiger partial charge in [-0.05, 0) is 44.6 Å². The standard InChI is InChI=1S/C24H30N2O3/c1-17(2)26(15-22-21-11-5-6-12-24(21)29-25-22)14-19(27)16-28-23-13-7-9-18-8-3-4-10-20(18)23/h3-4,7-10,13,17,19,27H,5-6,11-12,14-16H2,1-2H3. The number of aliphatic hydroxyl groups is 1. The number of rotatable bonds is 8. The van der Waals surface area contributed by atoms with Gasteiger partial charge in [-0.2, -0.15) is 0 Å². The molecule has 1 unspecified atom stereocenters. The van der Waals surface area contributed by atoms with Crippen molar-refractivity contribution in [2.75, 3.05) is 13.2 Å². The fourth-order valence-corrected chi connectivity index (χ4v) is 4.05. The molecule has 1 aromatic heterocycles. The molecule has 1 aliphatic rings. The monoisotopic (exact) mass is 394 g/mol. The average Bonchev–Trinajstić information content (AvgIpc) is 3.14. The van der Waals surface area contributed by atoms with Crippen molar-refractivity contribution in [3.05, 3.63) is 59.5 Å². The summed E-state index contributed by atoms with van der Waals surface area (Å²) in [6.45, 7) is 5.77. The van der Waals surface area contributed by atoms with E-state index in [1.54, 1.807) is 0 Å². The first kappa shape index (κ1) is 19.9. The van der Waals surface area contributed by atoms with Gasteiger partial charge in [-0.25, -0.2) is 0 Å². The third-order valence-corrected chi connectivity index (χ3v) is 5.74. The number of benzene rings is 2.